The minimum atomic E-state index is -0.271. The summed E-state index contributed by atoms with van der Waals surface area (Å²) in [7, 11) is 0. The Kier molecular flexibility index (Phi) is 5.15. The molecule has 0 unspecified atom stereocenters. The average Bonchev–Trinajstić information content (AvgIpc) is 3.04. The van der Waals surface area contributed by atoms with Gasteiger partial charge in [-0.25, -0.2) is 4.39 Å². The molecule has 0 saturated heterocycles. The van der Waals surface area contributed by atoms with Gasteiger partial charge in [0, 0.05) is 48.1 Å². The Labute approximate surface area is 162 Å². The monoisotopic (exact) mass is 373 g/mol. The topological polar surface area (TPSA) is 46.9 Å². The van der Waals surface area contributed by atoms with Gasteiger partial charge in [0.15, 0.2) is 0 Å². The number of hydrogen-bond donors (Lipinski definition) is 1. The van der Waals surface area contributed by atoms with Gasteiger partial charge in [-0.3, -0.25) is 9.78 Å². The van der Waals surface area contributed by atoms with Crippen molar-refractivity contribution in [1.82, 2.24) is 9.55 Å². The quantitative estimate of drug-likeness (QED) is 0.528. The summed E-state index contributed by atoms with van der Waals surface area (Å²) in [4.78, 5) is 16.2. The van der Waals surface area contributed by atoms with Gasteiger partial charge in [-0.15, -0.1) is 0 Å². The number of pyridine rings is 1. The Morgan fingerprint density at radius 2 is 1.82 bits per heavy atom. The molecule has 0 bridgehead atoms. The molecule has 0 fully saturated rings. The maximum atomic E-state index is 13.8. The highest BCUT2D eigenvalue weighted by atomic mass is 19.1. The Morgan fingerprint density at radius 1 is 1.04 bits per heavy atom. The largest absolute Gasteiger partial charge is 0.343 e. The van der Waals surface area contributed by atoms with Crippen LogP contribution < -0.4 is 5.32 Å². The lowest BCUT2D eigenvalue weighted by Crippen LogP contribution is -2.12. The first-order valence-electron chi connectivity index (χ1n) is 9.20. The van der Waals surface area contributed by atoms with Crippen molar-refractivity contribution in [2.45, 2.75) is 19.4 Å². The first-order chi connectivity index (χ1) is 13.7. The number of nitrogens with zero attached hydrogens (tertiary/aromatic N) is 2. The van der Waals surface area contributed by atoms with E-state index in [1.54, 1.807) is 36.7 Å². The number of aryl methyl sites for hydroxylation is 1. The number of hydrogen-bond acceptors (Lipinski definition) is 2. The highest BCUT2D eigenvalue weighted by molar-refractivity contribution is 5.91. The highest BCUT2D eigenvalue weighted by Gasteiger charge is 2.12. The molecule has 0 radical (unpaired) electrons. The van der Waals surface area contributed by atoms with Gasteiger partial charge in [0.1, 0.15) is 5.82 Å². The van der Waals surface area contributed by atoms with Gasteiger partial charge >= 0.3 is 0 Å². The number of nitrogens with one attached hydrogen (secondary N) is 1. The van der Waals surface area contributed by atoms with E-state index in [0.29, 0.717) is 19.4 Å². The fourth-order valence-corrected chi connectivity index (χ4v) is 3.36. The molecule has 0 atom stereocenters. The molecule has 0 spiro atoms. The molecule has 2 heterocycles. The molecule has 5 heteroatoms. The van der Waals surface area contributed by atoms with E-state index < -0.39 is 0 Å². The molecular weight excluding hydrogens is 353 g/mol. The summed E-state index contributed by atoms with van der Waals surface area (Å²) in [6.07, 6.45) is 6.16. The van der Waals surface area contributed by atoms with Crippen LogP contribution in [0.25, 0.3) is 10.9 Å². The number of benzene rings is 2. The number of carbonyl (C=O) groups excluding carboxylic acids is 1. The Hall–Kier alpha value is -3.47. The van der Waals surface area contributed by atoms with Crippen LogP contribution >= 0.6 is 0 Å². The molecule has 4 aromatic rings. The van der Waals surface area contributed by atoms with Gasteiger partial charge in [-0.1, -0.05) is 30.3 Å². The van der Waals surface area contributed by atoms with Crippen molar-refractivity contribution in [3.63, 3.8) is 0 Å². The van der Waals surface area contributed by atoms with Gasteiger partial charge in [0.05, 0.1) is 0 Å². The van der Waals surface area contributed by atoms with Crippen molar-refractivity contribution in [1.29, 1.82) is 0 Å². The molecule has 1 amide bonds. The standard InChI is InChI=1S/C23H20FN3O/c24-19-7-8-22-21(14-19)18(16-27(22)15-17-4-2-1-3-5-17)6-9-23(28)26-20-10-12-25-13-11-20/h1-5,7-8,10-14,16H,6,9,15H2,(H,25,26,28). The fourth-order valence-electron chi connectivity index (χ4n) is 3.36. The van der Waals surface area contributed by atoms with E-state index in [4.69, 9.17) is 0 Å². The highest BCUT2D eigenvalue weighted by Crippen LogP contribution is 2.25. The summed E-state index contributed by atoms with van der Waals surface area (Å²) in [5.41, 5.74) is 3.83. The Balaban J connectivity index is 1.54. The molecule has 4 rings (SSSR count). The van der Waals surface area contributed by atoms with E-state index >= 15 is 0 Å². The van der Waals surface area contributed by atoms with Crippen LogP contribution in [0, 0.1) is 5.82 Å². The number of amides is 1. The van der Waals surface area contributed by atoms with Crippen LogP contribution in [0.2, 0.25) is 0 Å². The van der Waals surface area contributed by atoms with Crippen LogP contribution in [0.5, 0.6) is 0 Å². The van der Waals surface area contributed by atoms with Crippen LogP contribution in [0.3, 0.4) is 0 Å². The van der Waals surface area contributed by atoms with Gasteiger partial charge in [0.2, 0.25) is 5.91 Å². The van der Waals surface area contributed by atoms with E-state index in [2.05, 4.69) is 27.0 Å². The molecular formula is C23H20FN3O. The second kappa shape index (κ2) is 8.05. The molecule has 1 N–H and O–H groups in total. The summed E-state index contributed by atoms with van der Waals surface area (Å²) in [6.45, 7) is 0.701. The molecule has 28 heavy (non-hydrogen) atoms. The molecule has 4 nitrogen and oxygen atoms in total. The van der Waals surface area contributed by atoms with Crippen molar-refractivity contribution in [2.24, 2.45) is 0 Å². The molecule has 2 aromatic carbocycles. The predicted molar refractivity (Wildman–Crippen MR) is 109 cm³/mol. The van der Waals surface area contributed by atoms with Crippen molar-refractivity contribution in [3.8, 4) is 0 Å². The van der Waals surface area contributed by atoms with Gasteiger partial charge < -0.3 is 9.88 Å². The normalized spacial score (nSPS) is 10.9. The molecule has 0 aliphatic carbocycles. The van der Waals surface area contributed by atoms with E-state index in [1.165, 1.54) is 11.6 Å². The number of halogens is 1. The summed E-state index contributed by atoms with van der Waals surface area (Å²) < 4.78 is 16.0. The lowest BCUT2D eigenvalue weighted by molar-refractivity contribution is -0.116. The van der Waals surface area contributed by atoms with Crippen LogP contribution in [0.1, 0.15) is 17.5 Å². The van der Waals surface area contributed by atoms with Crippen LogP contribution in [0.4, 0.5) is 10.1 Å². The number of rotatable bonds is 6. The zero-order chi connectivity index (χ0) is 19.3. The molecule has 0 aliphatic rings. The molecule has 0 saturated carbocycles. The van der Waals surface area contributed by atoms with Crippen LogP contribution in [-0.2, 0) is 17.8 Å². The minimum absolute atomic E-state index is 0.0773. The van der Waals surface area contributed by atoms with Crippen LogP contribution in [0.15, 0.2) is 79.3 Å². The first kappa shape index (κ1) is 17.9. The van der Waals surface area contributed by atoms with E-state index in [9.17, 15) is 9.18 Å². The van der Waals surface area contributed by atoms with E-state index in [-0.39, 0.29) is 11.7 Å². The minimum Gasteiger partial charge on any atom is -0.343 e. The lowest BCUT2D eigenvalue weighted by Gasteiger charge is -2.05. The molecule has 2 aromatic heterocycles. The second-order valence-electron chi connectivity index (χ2n) is 6.71. The summed E-state index contributed by atoms with van der Waals surface area (Å²) >= 11 is 0. The van der Waals surface area contributed by atoms with Gasteiger partial charge in [-0.2, -0.15) is 0 Å². The lowest BCUT2D eigenvalue weighted by atomic mass is 10.1. The number of anilines is 1. The smallest absolute Gasteiger partial charge is 0.224 e. The maximum absolute atomic E-state index is 13.8. The van der Waals surface area contributed by atoms with Crippen LogP contribution in [-0.4, -0.2) is 15.5 Å². The fraction of sp³-hybridized carbons (Fsp3) is 0.130. The Morgan fingerprint density at radius 3 is 2.61 bits per heavy atom. The summed E-state index contributed by atoms with van der Waals surface area (Å²) in [5, 5.41) is 3.71. The third-order valence-electron chi connectivity index (χ3n) is 4.71. The SMILES string of the molecule is O=C(CCc1cn(Cc2ccccc2)c2ccc(F)cc12)Nc1ccncc1. The third-order valence-corrected chi connectivity index (χ3v) is 4.71. The Bertz CT molecular complexity index is 1090. The van der Waals surface area contributed by atoms with E-state index in [1.807, 2.05) is 24.4 Å². The van der Waals surface area contributed by atoms with Crippen molar-refractivity contribution < 1.29 is 9.18 Å². The van der Waals surface area contributed by atoms with Gasteiger partial charge in [0.25, 0.3) is 0 Å². The number of aromatic nitrogens is 2. The number of carbonyl (C=O) groups is 1. The number of fused-ring (bicyclic) bond motifs is 1. The summed E-state index contributed by atoms with van der Waals surface area (Å²) in [5.74, 6) is -0.348. The molecule has 0 aliphatic heterocycles. The maximum Gasteiger partial charge on any atom is 0.224 e. The zero-order valence-electron chi connectivity index (χ0n) is 15.3. The third kappa shape index (κ3) is 4.09. The van der Waals surface area contributed by atoms with Crippen molar-refractivity contribution in [3.05, 3.63) is 96.2 Å². The second-order valence-corrected chi connectivity index (χ2v) is 6.71. The predicted octanol–water partition coefficient (Wildman–Crippen LogP) is 4.80. The molecule has 140 valence electrons. The van der Waals surface area contributed by atoms with E-state index in [0.717, 1.165) is 22.2 Å². The average molecular weight is 373 g/mol. The first-order valence-corrected chi connectivity index (χ1v) is 9.20. The zero-order valence-corrected chi connectivity index (χ0v) is 15.3. The van der Waals surface area contributed by atoms with Crippen molar-refractivity contribution >= 4 is 22.5 Å². The van der Waals surface area contributed by atoms with Gasteiger partial charge in [-0.05, 0) is 47.9 Å². The summed E-state index contributed by atoms with van der Waals surface area (Å²) in [6, 6.07) is 18.5. The van der Waals surface area contributed by atoms with Crippen molar-refractivity contribution in [2.75, 3.05) is 5.32 Å².